The summed E-state index contributed by atoms with van der Waals surface area (Å²) in [6, 6.07) is 7.18. The van der Waals surface area contributed by atoms with Crippen LogP contribution in [0.2, 0.25) is 5.02 Å². The molecular weight excluding hydrogens is 342 g/mol. The molecule has 0 saturated carbocycles. The van der Waals surface area contributed by atoms with Crippen molar-refractivity contribution in [3.05, 3.63) is 67.6 Å². The highest BCUT2D eigenvalue weighted by molar-refractivity contribution is 6.31. The molecule has 0 unspecified atom stereocenters. The summed E-state index contributed by atoms with van der Waals surface area (Å²) >= 11 is 6.19. The van der Waals surface area contributed by atoms with Gasteiger partial charge in [-0.15, -0.1) is 0 Å². The molecule has 0 fully saturated rings. The molecule has 0 bridgehead atoms. The van der Waals surface area contributed by atoms with Crippen molar-refractivity contribution in [2.45, 2.75) is 13.5 Å². The number of aryl methyl sites for hydroxylation is 3. The molecule has 1 aromatic carbocycles. The molecule has 0 aliphatic rings. The van der Waals surface area contributed by atoms with Gasteiger partial charge in [-0.3, -0.25) is 18.3 Å². The first-order valence-corrected chi connectivity index (χ1v) is 8.15. The Morgan fingerprint density at radius 2 is 1.84 bits per heavy atom. The van der Waals surface area contributed by atoms with Gasteiger partial charge in [0, 0.05) is 31.0 Å². The second-order valence-electron chi connectivity index (χ2n) is 6.11. The number of imidazole rings is 2. The van der Waals surface area contributed by atoms with Gasteiger partial charge in [-0.2, -0.15) is 4.98 Å². The van der Waals surface area contributed by atoms with Crippen LogP contribution in [-0.4, -0.2) is 23.1 Å². The summed E-state index contributed by atoms with van der Waals surface area (Å²) in [6.45, 7) is 2.05. The molecule has 8 heteroatoms. The lowest BCUT2D eigenvalue weighted by Crippen LogP contribution is -2.39. The van der Waals surface area contributed by atoms with Crippen molar-refractivity contribution in [2.75, 3.05) is 0 Å². The SMILES string of the molecule is Cc1cn2c3c(=O)n(Cc4ccccc4Cl)c(=O)n(C)c3nc2n1C. The van der Waals surface area contributed by atoms with Gasteiger partial charge >= 0.3 is 5.69 Å². The Labute approximate surface area is 147 Å². The van der Waals surface area contributed by atoms with Gasteiger partial charge in [0.25, 0.3) is 5.56 Å². The predicted octanol–water partition coefficient (Wildman–Crippen LogP) is 1.70. The van der Waals surface area contributed by atoms with E-state index in [-0.39, 0.29) is 12.1 Å². The summed E-state index contributed by atoms with van der Waals surface area (Å²) in [5.41, 5.74) is 1.64. The molecule has 0 radical (unpaired) electrons. The number of hydrogen-bond donors (Lipinski definition) is 0. The lowest BCUT2D eigenvalue weighted by atomic mass is 10.2. The minimum Gasteiger partial charge on any atom is -0.317 e. The van der Waals surface area contributed by atoms with E-state index >= 15 is 0 Å². The van der Waals surface area contributed by atoms with Crippen molar-refractivity contribution >= 4 is 28.5 Å². The number of hydrogen-bond acceptors (Lipinski definition) is 3. The van der Waals surface area contributed by atoms with Gasteiger partial charge in [-0.1, -0.05) is 29.8 Å². The van der Waals surface area contributed by atoms with E-state index in [4.69, 9.17) is 11.6 Å². The summed E-state index contributed by atoms with van der Waals surface area (Å²) in [6.07, 6.45) is 1.84. The van der Waals surface area contributed by atoms with E-state index in [9.17, 15) is 9.59 Å². The van der Waals surface area contributed by atoms with Crippen molar-refractivity contribution < 1.29 is 0 Å². The average Bonchev–Trinajstić information content (AvgIpc) is 3.08. The van der Waals surface area contributed by atoms with Crippen LogP contribution < -0.4 is 11.2 Å². The molecule has 0 amide bonds. The molecule has 3 aromatic heterocycles. The van der Waals surface area contributed by atoms with Crippen molar-refractivity contribution in [3.63, 3.8) is 0 Å². The molecule has 25 heavy (non-hydrogen) atoms. The highest BCUT2D eigenvalue weighted by atomic mass is 35.5. The Morgan fingerprint density at radius 3 is 2.56 bits per heavy atom. The zero-order valence-corrected chi connectivity index (χ0v) is 14.8. The first kappa shape index (κ1) is 15.7. The van der Waals surface area contributed by atoms with Crippen LogP contribution in [0.5, 0.6) is 0 Å². The van der Waals surface area contributed by atoms with Gasteiger partial charge in [0.1, 0.15) is 0 Å². The van der Waals surface area contributed by atoms with Crippen LogP contribution in [0.4, 0.5) is 0 Å². The third-order valence-corrected chi connectivity index (χ3v) is 4.96. The molecule has 0 spiro atoms. The van der Waals surface area contributed by atoms with Gasteiger partial charge in [-0.25, -0.2) is 4.79 Å². The second kappa shape index (κ2) is 5.35. The smallest absolute Gasteiger partial charge is 0.317 e. The Balaban J connectivity index is 2.07. The zero-order chi connectivity index (χ0) is 17.9. The van der Waals surface area contributed by atoms with E-state index in [1.165, 1.54) is 9.13 Å². The first-order valence-electron chi connectivity index (χ1n) is 7.77. The summed E-state index contributed by atoms with van der Waals surface area (Å²) < 4.78 is 6.20. The highest BCUT2D eigenvalue weighted by Gasteiger charge is 2.19. The summed E-state index contributed by atoms with van der Waals surface area (Å²) in [5.74, 6) is 0.620. The van der Waals surface area contributed by atoms with Gasteiger partial charge in [0.15, 0.2) is 11.2 Å². The van der Waals surface area contributed by atoms with Crippen molar-refractivity contribution in [1.29, 1.82) is 0 Å². The predicted molar refractivity (Wildman–Crippen MR) is 96.5 cm³/mol. The number of benzene rings is 1. The van der Waals surface area contributed by atoms with E-state index in [1.54, 1.807) is 23.6 Å². The third kappa shape index (κ3) is 2.16. The van der Waals surface area contributed by atoms with Gasteiger partial charge in [0.05, 0.1) is 6.54 Å². The maximum atomic E-state index is 13.0. The van der Waals surface area contributed by atoms with Crippen molar-refractivity contribution in [2.24, 2.45) is 14.1 Å². The van der Waals surface area contributed by atoms with E-state index < -0.39 is 5.69 Å². The Morgan fingerprint density at radius 1 is 1.12 bits per heavy atom. The minimum absolute atomic E-state index is 0.111. The highest BCUT2D eigenvalue weighted by Crippen LogP contribution is 2.17. The summed E-state index contributed by atoms with van der Waals surface area (Å²) in [4.78, 5) is 30.2. The van der Waals surface area contributed by atoms with Crippen LogP contribution in [0.25, 0.3) is 16.9 Å². The van der Waals surface area contributed by atoms with Crippen LogP contribution in [0.3, 0.4) is 0 Å². The second-order valence-corrected chi connectivity index (χ2v) is 6.52. The molecule has 3 heterocycles. The van der Waals surface area contributed by atoms with Crippen LogP contribution in [0, 0.1) is 6.92 Å². The fraction of sp³-hybridized carbons (Fsp3) is 0.235. The van der Waals surface area contributed by atoms with Gasteiger partial charge < -0.3 is 4.57 Å². The largest absolute Gasteiger partial charge is 0.332 e. The zero-order valence-electron chi connectivity index (χ0n) is 14.0. The molecule has 0 aliphatic heterocycles. The third-order valence-electron chi connectivity index (χ3n) is 4.59. The van der Waals surface area contributed by atoms with E-state index in [0.717, 1.165) is 5.69 Å². The van der Waals surface area contributed by atoms with Gasteiger partial charge in [0.2, 0.25) is 5.78 Å². The maximum Gasteiger partial charge on any atom is 0.332 e. The molecule has 0 atom stereocenters. The van der Waals surface area contributed by atoms with Crippen molar-refractivity contribution in [3.8, 4) is 0 Å². The maximum absolute atomic E-state index is 13.0. The monoisotopic (exact) mass is 357 g/mol. The van der Waals surface area contributed by atoms with Crippen LogP contribution >= 0.6 is 11.6 Å². The van der Waals surface area contributed by atoms with Crippen LogP contribution in [0.15, 0.2) is 40.1 Å². The molecule has 0 aliphatic carbocycles. The molecule has 4 aromatic rings. The van der Waals surface area contributed by atoms with E-state index in [0.29, 0.717) is 27.5 Å². The number of rotatable bonds is 2. The van der Waals surface area contributed by atoms with E-state index in [1.807, 2.05) is 36.9 Å². The summed E-state index contributed by atoms with van der Waals surface area (Å²) in [5, 5.41) is 0.519. The standard InChI is InChI=1S/C17H16ClN5O2/c1-10-8-22-13-14(19-16(22)20(10)2)21(3)17(25)23(15(13)24)9-11-6-4-5-7-12(11)18/h4-8H,9H2,1-3H3. The quantitative estimate of drug-likeness (QED) is 0.548. The molecule has 7 nitrogen and oxygen atoms in total. The normalized spacial score (nSPS) is 11.7. The topological polar surface area (TPSA) is 66.2 Å². The minimum atomic E-state index is -0.419. The Hall–Kier alpha value is -2.80. The first-order chi connectivity index (χ1) is 11.9. The molecule has 128 valence electrons. The number of aromatic nitrogens is 5. The van der Waals surface area contributed by atoms with Gasteiger partial charge in [-0.05, 0) is 18.6 Å². The molecule has 0 saturated heterocycles. The number of halogens is 1. The average molecular weight is 358 g/mol. The number of nitrogens with zero attached hydrogens (tertiary/aromatic N) is 5. The van der Waals surface area contributed by atoms with E-state index in [2.05, 4.69) is 4.98 Å². The molecule has 0 N–H and O–H groups in total. The van der Waals surface area contributed by atoms with Crippen LogP contribution in [-0.2, 0) is 20.6 Å². The summed E-state index contributed by atoms with van der Waals surface area (Å²) in [7, 11) is 3.49. The van der Waals surface area contributed by atoms with Crippen LogP contribution in [0.1, 0.15) is 11.3 Å². The number of fused-ring (bicyclic) bond motifs is 3. The molecular formula is C17H16ClN5O2. The fourth-order valence-electron chi connectivity index (χ4n) is 3.05. The fourth-order valence-corrected chi connectivity index (χ4v) is 3.25. The Kier molecular flexibility index (Phi) is 3.36. The lowest BCUT2D eigenvalue weighted by molar-refractivity contribution is 0.656. The Bertz CT molecular complexity index is 1260. The van der Waals surface area contributed by atoms with Crippen molar-refractivity contribution in [1.82, 2.24) is 23.1 Å². The molecule has 4 rings (SSSR count). The lowest BCUT2D eigenvalue weighted by Gasteiger charge is -2.09.